The molecule has 0 bridgehead atoms. The van der Waals surface area contributed by atoms with Gasteiger partial charge in [-0.25, -0.2) is 4.79 Å². The van der Waals surface area contributed by atoms with Crippen molar-refractivity contribution in [3.63, 3.8) is 0 Å². The van der Waals surface area contributed by atoms with Crippen LogP contribution < -0.4 is 16.0 Å². The molecule has 1 aromatic carbocycles. The second-order valence-electron chi connectivity index (χ2n) is 6.63. The van der Waals surface area contributed by atoms with Gasteiger partial charge in [0.2, 0.25) is 5.91 Å². The molecule has 1 aliphatic rings. The van der Waals surface area contributed by atoms with Gasteiger partial charge in [-0.15, -0.1) is 11.3 Å². The SMILES string of the molecule is O=C(Cc1cccs1)NC1CCCCC1NC(=O)NCc1ccccc1. The van der Waals surface area contributed by atoms with Crippen molar-refractivity contribution in [3.8, 4) is 0 Å². The molecule has 2 atom stereocenters. The summed E-state index contributed by atoms with van der Waals surface area (Å²) in [6, 6.07) is 13.5. The molecule has 138 valence electrons. The summed E-state index contributed by atoms with van der Waals surface area (Å²) in [5, 5.41) is 11.0. The summed E-state index contributed by atoms with van der Waals surface area (Å²) in [6.07, 6.45) is 4.35. The fourth-order valence-electron chi connectivity index (χ4n) is 3.30. The molecule has 0 aliphatic heterocycles. The molecule has 2 aromatic rings. The van der Waals surface area contributed by atoms with Crippen molar-refractivity contribution >= 4 is 23.3 Å². The molecule has 1 aromatic heterocycles. The Labute approximate surface area is 158 Å². The number of thiophene rings is 1. The predicted octanol–water partition coefficient (Wildman–Crippen LogP) is 3.22. The Morgan fingerprint density at radius 2 is 1.69 bits per heavy atom. The minimum Gasteiger partial charge on any atom is -0.351 e. The smallest absolute Gasteiger partial charge is 0.315 e. The molecular weight excluding hydrogens is 346 g/mol. The second-order valence-corrected chi connectivity index (χ2v) is 7.67. The molecule has 0 saturated heterocycles. The lowest BCUT2D eigenvalue weighted by atomic mass is 9.90. The number of hydrogen-bond acceptors (Lipinski definition) is 3. The minimum atomic E-state index is -0.182. The Bertz CT molecular complexity index is 703. The van der Waals surface area contributed by atoms with E-state index in [4.69, 9.17) is 0 Å². The van der Waals surface area contributed by atoms with Gasteiger partial charge in [0.15, 0.2) is 0 Å². The predicted molar refractivity (Wildman–Crippen MR) is 104 cm³/mol. The molecule has 2 unspecified atom stereocenters. The second kappa shape index (κ2) is 9.38. The van der Waals surface area contributed by atoms with Crippen molar-refractivity contribution in [3.05, 3.63) is 58.3 Å². The van der Waals surface area contributed by atoms with Crippen LogP contribution in [-0.2, 0) is 17.8 Å². The highest BCUT2D eigenvalue weighted by Crippen LogP contribution is 2.19. The number of amides is 3. The summed E-state index contributed by atoms with van der Waals surface area (Å²) in [6.45, 7) is 0.495. The Balaban J connectivity index is 1.48. The number of rotatable bonds is 6. The zero-order valence-corrected chi connectivity index (χ0v) is 15.6. The molecule has 1 fully saturated rings. The summed E-state index contributed by atoms with van der Waals surface area (Å²) < 4.78 is 0. The van der Waals surface area contributed by atoms with Gasteiger partial charge in [-0.1, -0.05) is 49.2 Å². The van der Waals surface area contributed by atoms with Gasteiger partial charge in [-0.3, -0.25) is 4.79 Å². The quantitative estimate of drug-likeness (QED) is 0.730. The topological polar surface area (TPSA) is 70.2 Å². The van der Waals surface area contributed by atoms with Crippen LogP contribution in [0.3, 0.4) is 0 Å². The highest BCUT2D eigenvalue weighted by atomic mass is 32.1. The zero-order valence-electron chi connectivity index (χ0n) is 14.7. The van der Waals surface area contributed by atoms with Crippen molar-refractivity contribution in [2.45, 2.75) is 50.7 Å². The van der Waals surface area contributed by atoms with E-state index in [2.05, 4.69) is 16.0 Å². The van der Waals surface area contributed by atoms with Gasteiger partial charge in [0.05, 0.1) is 12.5 Å². The molecule has 5 nitrogen and oxygen atoms in total. The van der Waals surface area contributed by atoms with Crippen molar-refractivity contribution in [2.75, 3.05) is 0 Å². The molecule has 3 rings (SSSR count). The lowest BCUT2D eigenvalue weighted by Gasteiger charge is -2.32. The Morgan fingerprint density at radius 1 is 0.962 bits per heavy atom. The first-order valence-electron chi connectivity index (χ1n) is 9.11. The first kappa shape index (κ1) is 18.5. The normalized spacial score (nSPS) is 19.5. The van der Waals surface area contributed by atoms with Crippen LogP contribution in [0.1, 0.15) is 36.1 Å². The number of nitrogens with one attached hydrogen (secondary N) is 3. The van der Waals surface area contributed by atoms with Gasteiger partial charge in [-0.2, -0.15) is 0 Å². The molecule has 3 amide bonds. The Hall–Kier alpha value is -2.34. The van der Waals surface area contributed by atoms with Crippen molar-refractivity contribution in [1.29, 1.82) is 0 Å². The third-order valence-electron chi connectivity index (χ3n) is 4.64. The van der Waals surface area contributed by atoms with E-state index >= 15 is 0 Å². The molecule has 3 N–H and O–H groups in total. The lowest BCUT2D eigenvalue weighted by Crippen LogP contribution is -2.55. The Morgan fingerprint density at radius 3 is 2.38 bits per heavy atom. The molecule has 26 heavy (non-hydrogen) atoms. The van der Waals surface area contributed by atoms with E-state index < -0.39 is 0 Å². The average Bonchev–Trinajstić information content (AvgIpc) is 3.15. The molecule has 1 saturated carbocycles. The van der Waals surface area contributed by atoms with E-state index in [0.717, 1.165) is 36.1 Å². The van der Waals surface area contributed by atoms with Gasteiger partial charge >= 0.3 is 6.03 Å². The summed E-state index contributed by atoms with van der Waals surface area (Å²) in [5.41, 5.74) is 1.06. The van der Waals surface area contributed by atoms with E-state index in [-0.39, 0.29) is 24.0 Å². The first-order chi connectivity index (χ1) is 12.7. The summed E-state index contributed by atoms with van der Waals surface area (Å²) >= 11 is 1.59. The highest BCUT2D eigenvalue weighted by molar-refractivity contribution is 7.10. The van der Waals surface area contributed by atoms with Crippen LogP contribution in [0, 0.1) is 0 Å². The standard InChI is InChI=1S/C20H25N3O2S/c24-19(13-16-9-6-12-26-16)22-17-10-4-5-11-18(17)23-20(25)21-14-15-7-2-1-3-8-15/h1-3,6-9,12,17-18H,4-5,10-11,13-14H2,(H,22,24)(H2,21,23,25). The summed E-state index contributed by atoms with van der Waals surface area (Å²) in [5.74, 6) is 0.0239. The maximum atomic E-state index is 12.3. The van der Waals surface area contributed by atoms with Crippen LogP contribution >= 0.6 is 11.3 Å². The van der Waals surface area contributed by atoms with Crippen molar-refractivity contribution < 1.29 is 9.59 Å². The molecule has 6 heteroatoms. The third kappa shape index (κ3) is 5.59. The first-order valence-corrected chi connectivity index (χ1v) is 9.99. The van der Waals surface area contributed by atoms with Gasteiger partial charge in [0, 0.05) is 17.5 Å². The number of urea groups is 1. The van der Waals surface area contributed by atoms with Gasteiger partial charge < -0.3 is 16.0 Å². The van der Waals surface area contributed by atoms with Gasteiger partial charge in [0.25, 0.3) is 0 Å². The van der Waals surface area contributed by atoms with E-state index in [0.29, 0.717) is 13.0 Å². The summed E-state index contributed by atoms with van der Waals surface area (Å²) in [7, 11) is 0. The fraction of sp³-hybridized carbons (Fsp3) is 0.400. The molecule has 1 aliphatic carbocycles. The largest absolute Gasteiger partial charge is 0.351 e. The van der Waals surface area contributed by atoms with Crippen LogP contribution in [0.2, 0.25) is 0 Å². The van der Waals surface area contributed by atoms with Crippen LogP contribution in [0.5, 0.6) is 0 Å². The molecular formula is C20H25N3O2S. The molecule has 0 spiro atoms. The van der Waals surface area contributed by atoms with Crippen LogP contribution in [0.25, 0.3) is 0 Å². The van der Waals surface area contributed by atoms with E-state index in [1.54, 1.807) is 11.3 Å². The molecule has 0 radical (unpaired) electrons. The van der Waals surface area contributed by atoms with E-state index in [9.17, 15) is 9.59 Å². The lowest BCUT2D eigenvalue weighted by molar-refractivity contribution is -0.121. The maximum Gasteiger partial charge on any atom is 0.315 e. The number of carbonyl (C=O) groups is 2. The highest BCUT2D eigenvalue weighted by Gasteiger charge is 2.27. The number of benzene rings is 1. The van der Waals surface area contributed by atoms with Crippen LogP contribution in [0.15, 0.2) is 47.8 Å². The number of hydrogen-bond donors (Lipinski definition) is 3. The molecule has 1 heterocycles. The van der Waals surface area contributed by atoms with E-state index in [1.807, 2.05) is 47.8 Å². The van der Waals surface area contributed by atoms with Crippen LogP contribution in [0.4, 0.5) is 4.79 Å². The summed E-state index contributed by atoms with van der Waals surface area (Å²) in [4.78, 5) is 25.6. The maximum absolute atomic E-state index is 12.3. The zero-order chi connectivity index (χ0) is 18.2. The van der Waals surface area contributed by atoms with Gasteiger partial charge in [0.1, 0.15) is 0 Å². The minimum absolute atomic E-state index is 0.00122. The monoisotopic (exact) mass is 371 g/mol. The van der Waals surface area contributed by atoms with E-state index in [1.165, 1.54) is 0 Å². The number of carbonyl (C=O) groups excluding carboxylic acids is 2. The van der Waals surface area contributed by atoms with Crippen molar-refractivity contribution in [1.82, 2.24) is 16.0 Å². The van der Waals surface area contributed by atoms with Gasteiger partial charge in [-0.05, 0) is 29.9 Å². The Kier molecular flexibility index (Phi) is 6.66. The fourth-order valence-corrected chi connectivity index (χ4v) is 4.01. The van der Waals surface area contributed by atoms with Crippen molar-refractivity contribution in [2.24, 2.45) is 0 Å². The third-order valence-corrected chi connectivity index (χ3v) is 5.52. The average molecular weight is 372 g/mol. The van der Waals surface area contributed by atoms with Crippen LogP contribution in [-0.4, -0.2) is 24.0 Å².